The van der Waals surface area contributed by atoms with Crippen LogP contribution in [0.2, 0.25) is 0 Å². The Balaban J connectivity index is 2.73. The van der Waals surface area contributed by atoms with E-state index < -0.39 is 12.0 Å². The van der Waals surface area contributed by atoms with Gasteiger partial charge in [0.25, 0.3) is 5.82 Å². The molecule has 0 aliphatic heterocycles. The summed E-state index contributed by atoms with van der Waals surface area (Å²) in [6.07, 6.45) is 0.423. The van der Waals surface area contributed by atoms with Gasteiger partial charge in [0.2, 0.25) is 0 Å². The minimum absolute atomic E-state index is 0.00123. The molecule has 0 spiro atoms. The number of hydrogen-bond acceptors (Lipinski definition) is 3. The van der Waals surface area contributed by atoms with Crippen LogP contribution in [0.15, 0.2) is 12.1 Å². The van der Waals surface area contributed by atoms with Crippen molar-refractivity contribution in [1.82, 2.24) is 19.8 Å². The molecule has 15 heavy (non-hydrogen) atoms. The highest BCUT2D eigenvalue weighted by Gasteiger charge is 2.37. The van der Waals surface area contributed by atoms with Gasteiger partial charge in [-0.25, -0.2) is 0 Å². The van der Waals surface area contributed by atoms with Crippen molar-refractivity contribution in [2.24, 2.45) is 0 Å². The summed E-state index contributed by atoms with van der Waals surface area (Å²) in [6.45, 7) is 0. The average Bonchev–Trinajstić information content (AvgIpc) is 2.59. The Morgan fingerprint density at radius 3 is 2.60 bits per heavy atom. The molecule has 0 aliphatic rings. The Morgan fingerprint density at radius 1 is 1.27 bits per heavy atom. The first-order valence-electron chi connectivity index (χ1n) is 3.78. The molecule has 2 aromatic rings. The number of nitrogens with zero attached hydrogens (tertiary/aromatic N) is 4. The van der Waals surface area contributed by atoms with Crippen LogP contribution in [0.3, 0.4) is 0 Å². The summed E-state index contributed by atoms with van der Waals surface area (Å²) < 4.78 is 37.7. The topological polar surface area (TPSA) is 43.1 Å². The van der Waals surface area contributed by atoms with E-state index in [-0.39, 0.29) is 11.3 Å². The van der Waals surface area contributed by atoms with Crippen molar-refractivity contribution >= 4 is 5.65 Å². The zero-order valence-corrected chi connectivity index (χ0v) is 7.15. The zero-order valence-electron chi connectivity index (χ0n) is 7.15. The molecule has 2 heterocycles. The zero-order chi connectivity index (χ0) is 11.1. The lowest BCUT2D eigenvalue weighted by Gasteiger charge is -2.02. The normalized spacial score (nSPS) is 11.6. The molecule has 0 fully saturated rings. The highest BCUT2D eigenvalue weighted by molar-refractivity contribution is 5.39. The highest BCUT2D eigenvalue weighted by Crippen LogP contribution is 2.27. The maximum absolute atomic E-state index is 12.4. The number of aromatic nitrogens is 4. The van der Waals surface area contributed by atoms with Crippen LogP contribution in [0.4, 0.5) is 13.2 Å². The number of fused-ring (bicyclic) bond motifs is 1. The smallest absolute Gasteiger partial charge is 0.188 e. The van der Waals surface area contributed by atoms with E-state index in [0.29, 0.717) is 4.52 Å². The fourth-order valence-electron chi connectivity index (χ4n) is 1.04. The highest BCUT2D eigenvalue weighted by atomic mass is 19.4. The minimum atomic E-state index is -4.60. The van der Waals surface area contributed by atoms with Crippen LogP contribution in [0.25, 0.3) is 5.65 Å². The molecule has 0 aliphatic carbocycles. The van der Waals surface area contributed by atoms with Crippen LogP contribution in [0.1, 0.15) is 11.5 Å². The Labute approximate surface area is 81.7 Å². The van der Waals surface area contributed by atoms with Gasteiger partial charge in [-0.15, -0.1) is 16.6 Å². The van der Waals surface area contributed by atoms with Gasteiger partial charge >= 0.3 is 6.18 Å². The number of rotatable bonds is 0. The summed E-state index contributed by atoms with van der Waals surface area (Å²) in [4.78, 5) is 0. The van der Waals surface area contributed by atoms with Gasteiger partial charge in [-0.05, 0) is 18.1 Å². The second-order valence-corrected chi connectivity index (χ2v) is 2.65. The maximum atomic E-state index is 12.4. The van der Waals surface area contributed by atoms with Crippen molar-refractivity contribution < 1.29 is 13.2 Å². The lowest BCUT2D eigenvalue weighted by Crippen LogP contribution is -2.12. The molecule has 7 heteroatoms. The lowest BCUT2D eigenvalue weighted by atomic mass is 10.4. The van der Waals surface area contributed by atoms with Crippen molar-refractivity contribution in [2.45, 2.75) is 6.18 Å². The fourth-order valence-corrected chi connectivity index (χ4v) is 1.04. The Kier molecular flexibility index (Phi) is 1.86. The maximum Gasteiger partial charge on any atom is 0.453 e. The molecule has 0 bridgehead atoms. The molecular weight excluding hydrogens is 209 g/mol. The van der Waals surface area contributed by atoms with Crippen LogP contribution in [0, 0.1) is 12.3 Å². The van der Waals surface area contributed by atoms with Crippen LogP contribution in [0.5, 0.6) is 0 Å². The molecule has 0 radical (unpaired) electrons. The second kappa shape index (κ2) is 2.95. The summed E-state index contributed by atoms with van der Waals surface area (Å²) >= 11 is 0. The van der Waals surface area contributed by atoms with Gasteiger partial charge in [0, 0.05) is 0 Å². The summed E-state index contributed by atoms with van der Waals surface area (Å²) in [5.74, 6) is 0.947. The van der Waals surface area contributed by atoms with E-state index in [9.17, 15) is 13.2 Å². The molecule has 0 N–H and O–H groups in total. The lowest BCUT2D eigenvalue weighted by molar-refractivity contribution is -0.146. The molecule has 76 valence electrons. The quantitative estimate of drug-likeness (QED) is 0.614. The molecule has 0 amide bonds. The Bertz CT molecular complexity index is 549. The molecule has 0 saturated heterocycles. The molecular formula is C8H3F3N4. The number of terminal acetylenes is 1. The third-order valence-corrected chi connectivity index (χ3v) is 1.66. The second-order valence-electron chi connectivity index (χ2n) is 2.65. The summed E-state index contributed by atoms with van der Waals surface area (Å²) in [7, 11) is 0. The standard InChI is InChI=1S/C8H3F3N4/c1-2-5-3-4-6-12-13-7(8(9,10)11)15(6)14-5/h1,3-4H. The van der Waals surface area contributed by atoms with E-state index in [0.717, 1.165) is 0 Å². The van der Waals surface area contributed by atoms with Gasteiger partial charge in [-0.1, -0.05) is 0 Å². The van der Waals surface area contributed by atoms with Gasteiger partial charge in [0.05, 0.1) is 0 Å². The predicted octanol–water partition coefficient (Wildman–Crippen LogP) is 1.12. The number of halogens is 3. The van der Waals surface area contributed by atoms with Crippen LogP contribution in [-0.2, 0) is 6.18 Å². The van der Waals surface area contributed by atoms with E-state index in [1.165, 1.54) is 12.1 Å². The first-order valence-corrected chi connectivity index (χ1v) is 3.78. The van der Waals surface area contributed by atoms with Crippen LogP contribution in [-0.4, -0.2) is 19.8 Å². The van der Waals surface area contributed by atoms with Crippen molar-refractivity contribution in [3.05, 3.63) is 23.7 Å². The van der Waals surface area contributed by atoms with Crippen molar-refractivity contribution in [1.29, 1.82) is 0 Å². The van der Waals surface area contributed by atoms with Gasteiger partial charge in [0.1, 0.15) is 5.69 Å². The molecule has 0 aromatic carbocycles. The molecule has 0 atom stereocenters. The first-order chi connectivity index (χ1) is 7.02. The van der Waals surface area contributed by atoms with Gasteiger partial charge < -0.3 is 0 Å². The van der Waals surface area contributed by atoms with Crippen LogP contribution < -0.4 is 0 Å². The van der Waals surface area contributed by atoms with E-state index in [4.69, 9.17) is 6.42 Å². The molecule has 0 unspecified atom stereocenters. The number of alkyl halides is 3. The predicted molar refractivity (Wildman–Crippen MR) is 43.7 cm³/mol. The van der Waals surface area contributed by atoms with E-state index in [1.807, 2.05) is 0 Å². The largest absolute Gasteiger partial charge is 0.453 e. The molecule has 4 nitrogen and oxygen atoms in total. The van der Waals surface area contributed by atoms with Gasteiger partial charge in [0.15, 0.2) is 5.65 Å². The monoisotopic (exact) mass is 212 g/mol. The third kappa shape index (κ3) is 1.50. The summed E-state index contributed by atoms with van der Waals surface area (Å²) in [5.41, 5.74) is 0.0918. The molecule has 2 rings (SSSR count). The van der Waals surface area contributed by atoms with E-state index >= 15 is 0 Å². The summed E-state index contributed by atoms with van der Waals surface area (Å²) in [6, 6.07) is 2.72. The Hall–Kier alpha value is -2.10. The van der Waals surface area contributed by atoms with Crippen molar-refractivity contribution in [3.8, 4) is 12.3 Å². The van der Waals surface area contributed by atoms with Gasteiger partial charge in [-0.2, -0.15) is 22.8 Å². The SMILES string of the molecule is C#Cc1ccc2nnc(C(F)(F)F)n2n1. The minimum Gasteiger partial charge on any atom is -0.188 e. The third-order valence-electron chi connectivity index (χ3n) is 1.66. The molecule has 2 aromatic heterocycles. The summed E-state index contributed by atoms with van der Waals surface area (Å²) in [5, 5.41) is 9.88. The van der Waals surface area contributed by atoms with E-state index in [1.54, 1.807) is 0 Å². The molecule has 0 saturated carbocycles. The van der Waals surface area contributed by atoms with Crippen molar-refractivity contribution in [2.75, 3.05) is 0 Å². The van der Waals surface area contributed by atoms with Crippen LogP contribution >= 0.6 is 0 Å². The first kappa shape index (κ1) is 9.45. The number of hydrogen-bond donors (Lipinski definition) is 0. The average molecular weight is 212 g/mol. The van der Waals surface area contributed by atoms with Crippen molar-refractivity contribution in [3.63, 3.8) is 0 Å². The van der Waals surface area contributed by atoms with Gasteiger partial charge in [-0.3, -0.25) is 0 Å². The Morgan fingerprint density at radius 2 is 2.00 bits per heavy atom. The van der Waals surface area contributed by atoms with E-state index in [2.05, 4.69) is 21.2 Å². The fraction of sp³-hybridized carbons (Fsp3) is 0.125.